The zero-order valence-electron chi connectivity index (χ0n) is 16.7. The molecular formula is C24H24O5. The number of fused-ring (bicyclic) bond motifs is 1. The Bertz CT molecular complexity index is 983. The van der Waals surface area contributed by atoms with Crippen molar-refractivity contribution in [3.05, 3.63) is 58.8 Å². The number of methoxy groups -OCH3 is 1. The quantitative estimate of drug-likeness (QED) is 0.411. The monoisotopic (exact) mass is 392 g/mol. The van der Waals surface area contributed by atoms with Gasteiger partial charge in [-0.05, 0) is 55.2 Å². The first-order chi connectivity index (χ1) is 14.0. The topological polar surface area (TPSA) is 61.8 Å². The van der Waals surface area contributed by atoms with Crippen LogP contribution in [0.25, 0.3) is 6.08 Å². The SMILES string of the molecule is COc1cccc(/C=C2\Oc3cc(OC(=O)C4CCCCC4)cc(C)c3C2=O)c1. The molecule has 4 rings (SSSR count). The Labute approximate surface area is 170 Å². The van der Waals surface area contributed by atoms with Gasteiger partial charge in [0.05, 0.1) is 18.6 Å². The molecule has 29 heavy (non-hydrogen) atoms. The Kier molecular flexibility index (Phi) is 5.38. The summed E-state index contributed by atoms with van der Waals surface area (Å²) in [7, 11) is 1.60. The van der Waals surface area contributed by atoms with Gasteiger partial charge in [0.25, 0.3) is 0 Å². The van der Waals surface area contributed by atoms with Crippen molar-refractivity contribution in [3.8, 4) is 17.2 Å². The second kappa shape index (κ2) is 8.11. The molecule has 1 saturated carbocycles. The third-order valence-electron chi connectivity index (χ3n) is 5.49. The highest BCUT2D eigenvalue weighted by atomic mass is 16.5. The molecule has 0 spiro atoms. The van der Waals surface area contributed by atoms with Crippen LogP contribution in [0.5, 0.6) is 17.2 Å². The highest BCUT2D eigenvalue weighted by Crippen LogP contribution is 2.38. The number of ether oxygens (including phenoxy) is 3. The number of hydrogen-bond donors (Lipinski definition) is 0. The Morgan fingerprint density at radius 1 is 1.10 bits per heavy atom. The smallest absolute Gasteiger partial charge is 0.314 e. The lowest BCUT2D eigenvalue weighted by molar-refractivity contribution is -0.139. The van der Waals surface area contributed by atoms with Crippen molar-refractivity contribution in [1.29, 1.82) is 0 Å². The van der Waals surface area contributed by atoms with Crippen molar-refractivity contribution < 1.29 is 23.8 Å². The van der Waals surface area contributed by atoms with E-state index in [2.05, 4.69) is 0 Å². The maximum Gasteiger partial charge on any atom is 0.314 e. The number of allylic oxidation sites excluding steroid dienone is 1. The Morgan fingerprint density at radius 2 is 1.90 bits per heavy atom. The minimum Gasteiger partial charge on any atom is -0.497 e. The molecule has 2 aromatic rings. The number of Topliss-reactive ketones (excluding diaryl/α,β-unsaturated/α-hetero) is 1. The molecule has 0 aromatic heterocycles. The first-order valence-corrected chi connectivity index (χ1v) is 10.00. The lowest BCUT2D eigenvalue weighted by atomic mass is 9.89. The molecule has 1 aliphatic heterocycles. The van der Waals surface area contributed by atoms with Crippen molar-refractivity contribution in [2.24, 2.45) is 5.92 Å². The summed E-state index contributed by atoms with van der Waals surface area (Å²) in [5.74, 6) is 1.39. The van der Waals surface area contributed by atoms with Crippen LogP contribution >= 0.6 is 0 Å². The second-order valence-corrected chi connectivity index (χ2v) is 7.59. The zero-order valence-corrected chi connectivity index (χ0v) is 16.7. The second-order valence-electron chi connectivity index (χ2n) is 7.59. The van der Waals surface area contributed by atoms with Crippen LogP contribution in [0.3, 0.4) is 0 Å². The summed E-state index contributed by atoms with van der Waals surface area (Å²) in [6, 6.07) is 10.8. The predicted octanol–water partition coefficient (Wildman–Crippen LogP) is 5.11. The molecule has 150 valence electrons. The Hall–Kier alpha value is -3.08. The number of carbonyl (C=O) groups excluding carboxylic acids is 2. The summed E-state index contributed by atoms with van der Waals surface area (Å²) in [6.07, 6.45) is 6.77. The number of rotatable bonds is 4. The normalized spacial score (nSPS) is 17.7. The van der Waals surface area contributed by atoms with E-state index in [0.29, 0.717) is 22.8 Å². The van der Waals surface area contributed by atoms with Crippen molar-refractivity contribution in [1.82, 2.24) is 0 Å². The average Bonchev–Trinajstić information content (AvgIpc) is 3.04. The fraction of sp³-hybridized carbons (Fsp3) is 0.333. The highest BCUT2D eigenvalue weighted by Gasteiger charge is 2.31. The molecule has 0 saturated heterocycles. The molecule has 2 aromatic carbocycles. The van der Waals surface area contributed by atoms with Gasteiger partial charge in [-0.3, -0.25) is 9.59 Å². The summed E-state index contributed by atoms with van der Waals surface area (Å²) in [5.41, 5.74) is 2.05. The molecule has 1 aliphatic carbocycles. The van der Waals surface area contributed by atoms with E-state index in [1.807, 2.05) is 31.2 Å². The van der Waals surface area contributed by atoms with Crippen molar-refractivity contribution in [2.45, 2.75) is 39.0 Å². The van der Waals surface area contributed by atoms with E-state index < -0.39 is 0 Å². The molecule has 0 N–H and O–H groups in total. The van der Waals surface area contributed by atoms with Crippen molar-refractivity contribution >= 4 is 17.8 Å². The van der Waals surface area contributed by atoms with Crippen molar-refractivity contribution in [2.75, 3.05) is 7.11 Å². The van der Waals surface area contributed by atoms with Crippen LogP contribution < -0.4 is 14.2 Å². The van der Waals surface area contributed by atoms with Gasteiger partial charge >= 0.3 is 5.97 Å². The van der Waals surface area contributed by atoms with Crippen LogP contribution in [-0.2, 0) is 4.79 Å². The van der Waals surface area contributed by atoms with Gasteiger partial charge in [-0.2, -0.15) is 0 Å². The molecule has 0 amide bonds. The standard InChI is InChI=1S/C24H24O5/c1-15-11-19(28-24(26)17-8-4-3-5-9-17)14-20-22(15)23(25)21(29-20)13-16-7-6-10-18(12-16)27-2/h6-7,10-14,17H,3-5,8-9H2,1-2H3/b21-13-. The van der Waals surface area contributed by atoms with Gasteiger partial charge in [-0.25, -0.2) is 0 Å². The molecule has 2 aliphatic rings. The van der Waals surface area contributed by atoms with E-state index in [4.69, 9.17) is 14.2 Å². The summed E-state index contributed by atoms with van der Waals surface area (Å²) < 4.78 is 16.7. The lowest BCUT2D eigenvalue weighted by Crippen LogP contribution is -2.22. The third kappa shape index (κ3) is 4.04. The van der Waals surface area contributed by atoms with E-state index in [9.17, 15) is 9.59 Å². The highest BCUT2D eigenvalue weighted by molar-refractivity contribution is 6.15. The van der Waals surface area contributed by atoms with E-state index in [1.54, 1.807) is 25.3 Å². The van der Waals surface area contributed by atoms with E-state index in [-0.39, 0.29) is 23.4 Å². The Balaban J connectivity index is 1.56. The van der Waals surface area contributed by atoms with Gasteiger partial charge in [0, 0.05) is 6.07 Å². The molecule has 0 bridgehead atoms. The van der Waals surface area contributed by atoms with Gasteiger partial charge in [0.2, 0.25) is 5.78 Å². The largest absolute Gasteiger partial charge is 0.497 e. The maximum atomic E-state index is 12.8. The van der Waals surface area contributed by atoms with Crippen LogP contribution in [0.15, 0.2) is 42.2 Å². The minimum absolute atomic E-state index is 0.0385. The summed E-state index contributed by atoms with van der Waals surface area (Å²) in [4.78, 5) is 25.3. The van der Waals surface area contributed by atoms with E-state index >= 15 is 0 Å². The number of aryl methyl sites for hydroxylation is 1. The van der Waals surface area contributed by atoms with Gasteiger partial charge < -0.3 is 14.2 Å². The first-order valence-electron chi connectivity index (χ1n) is 10.00. The summed E-state index contributed by atoms with van der Waals surface area (Å²) in [5, 5.41) is 0. The molecule has 1 fully saturated rings. The van der Waals surface area contributed by atoms with Crippen LogP contribution in [0.4, 0.5) is 0 Å². The van der Waals surface area contributed by atoms with Gasteiger partial charge in [0.15, 0.2) is 5.76 Å². The molecule has 0 atom stereocenters. The fourth-order valence-corrected chi connectivity index (χ4v) is 3.96. The van der Waals surface area contributed by atoms with E-state index in [0.717, 1.165) is 36.8 Å². The third-order valence-corrected chi connectivity index (χ3v) is 5.49. The van der Waals surface area contributed by atoms with Crippen LogP contribution in [0.1, 0.15) is 53.6 Å². The summed E-state index contributed by atoms with van der Waals surface area (Å²) >= 11 is 0. The van der Waals surface area contributed by atoms with Gasteiger partial charge in [-0.15, -0.1) is 0 Å². The lowest BCUT2D eigenvalue weighted by Gasteiger charge is -2.20. The number of benzene rings is 2. The van der Waals surface area contributed by atoms with Gasteiger partial charge in [-0.1, -0.05) is 31.4 Å². The van der Waals surface area contributed by atoms with Crippen LogP contribution in [-0.4, -0.2) is 18.9 Å². The number of ketones is 1. The fourth-order valence-electron chi connectivity index (χ4n) is 3.96. The first kappa shape index (κ1) is 19.2. The maximum absolute atomic E-state index is 12.8. The molecular weight excluding hydrogens is 368 g/mol. The number of hydrogen-bond acceptors (Lipinski definition) is 5. The van der Waals surface area contributed by atoms with Crippen LogP contribution in [0, 0.1) is 12.8 Å². The molecule has 0 unspecified atom stereocenters. The molecule has 0 radical (unpaired) electrons. The molecule has 5 nitrogen and oxygen atoms in total. The molecule has 5 heteroatoms. The van der Waals surface area contributed by atoms with Crippen LogP contribution in [0.2, 0.25) is 0 Å². The van der Waals surface area contributed by atoms with E-state index in [1.165, 1.54) is 6.42 Å². The average molecular weight is 392 g/mol. The Morgan fingerprint density at radius 3 is 2.66 bits per heavy atom. The summed E-state index contributed by atoms with van der Waals surface area (Å²) in [6.45, 7) is 1.83. The number of carbonyl (C=O) groups is 2. The zero-order chi connectivity index (χ0) is 20.4. The predicted molar refractivity (Wildman–Crippen MR) is 109 cm³/mol. The minimum atomic E-state index is -0.194. The van der Waals surface area contributed by atoms with Crippen molar-refractivity contribution in [3.63, 3.8) is 0 Å². The molecule has 1 heterocycles. The van der Waals surface area contributed by atoms with Gasteiger partial charge in [0.1, 0.15) is 17.2 Å². The number of esters is 1.